The van der Waals surface area contributed by atoms with E-state index in [4.69, 9.17) is 10.2 Å². The quantitative estimate of drug-likeness (QED) is 0.836. The maximum absolute atomic E-state index is 10.4. The smallest absolute Gasteiger partial charge is 0.328 e. The molecule has 98 valence electrons. The van der Waals surface area contributed by atoms with Crippen LogP contribution in [0.3, 0.4) is 0 Å². The first-order valence-electron chi connectivity index (χ1n) is 4.50. The van der Waals surface area contributed by atoms with Crippen LogP contribution >= 0.6 is 24.8 Å². The summed E-state index contributed by atoms with van der Waals surface area (Å²) in [6.07, 6.45) is 4.86. The molecule has 6 heteroatoms. The lowest BCUT2D eigenvalue weighted by Gasteiger charge is -1.98. The van der Waals surface area contributed by atoms with Crippen molar-refractivity contribution in [1.29, 1.82) is 0 Å². The number of halogens is 2. The monoisotopic (exact) mass is 290 g/mol. The molecule has 0 aliphatic heterocycles. The van der Waals surface area contributed by atoms with Gasteiger partial charge in [0.25, 0.3) is 0 Å². The summed E-state index contributed by atoms with van der Waals surface area (Å²) in [5.74, 6) is -2.09. The summed E-state index contributed by atoms with van der Waals surface area (Å²) in [5.41, 5.74) is 1.31. The Morgan fingerprint density at radius 2 is 1.17 bits per heavy atom. The zero-order valence-corrected chi connectivity index (χ0v) is 10.8. The molecule has 0 aromatic heterocycles. The predicted molar refractivity (Wildman–Crippen MR) is 74.3 cm³/mol. The molecule has 0 saturated heterocycles. The molecule has 0 amide bonds. The van der Waals surface area contributed by atoms with Crippen molar-refractivity contribution in [3.63, 3.8) is 0 Å². The standard InChI is InChI=1S/C12H10O4.2ClH/c13-11(14)7-5-9-3-1-2-4-10(9)6-8-12(15)16;;/h1-8H,(H,13,14)(H,15,16);2*1H. The van der Waals surface area contributed by atoms with Crippen LogP contribution in [0.5, 0.6) is 0 Å². The highest BCUT2D eigenvalue weighted by Gasteiger charge is 1.96. The van der Waals surface area contributed by atoms with Crippen LogP contribution in [0.25, 0.3) is 12.2 Å². The lowest BCUT2D eigenvalue weighted by atomic mass is 10.1. The minimum absolute atomic E-state index is 0. The van der Waals surface area contributed by atoms with Gasteiger partial charge in [0, 0.05) is 12.2 Å². The molecule has 0 saturated carbocycles. The van der Waals surface area contributed by atoms with E-state index in [-0.39, 0.29) is 24.8 Å². The van der Waals surface area contributed by atoms with E-state index in [1.807, 2.05) is 0 Å². The van der Waals surface area contributed by atoms with E-state index in [0.717, 1.165) is 12.2 Å². The average molecular weight is 291 g/mol. The van der Waals surface area contributed by atoms with Gasteiger partial charge in [0.2, 0.25) is 0 Å². The van der Waals surface area contributed by atoms with Crippen molar-refractivity contribution in [1.82, 2.24) is 0 Å². The molecule has 0 radical (unpaired) electrons. The van der Waals surface area contributed by atoms with Crippen LogP contribution in [0, 0.1) is 0 Å². The number of carboxylic acids is 2. The van der Waals surface area contributed by atoms with Crippen LogP contribution in [0.1, 0.15) is 11.1 Å². The fourth-order valence-corrected chi connectivity index (χ4v) is 1.14. The summed E-state index contributed by atoms with van der Waals surface area (Å²) < 4.78 is 0. The van der Waals surface area contributed by atoms with Gasteiger partial charge in [0.15, 0.2) is 0 Å². The Hall–Kier alpha value is -1.78. The average Bonchev–Trinajstić information content (AvgIpc) is 2.24. The maximum atomic E-state index is 10.4. The Kier molecular flexibility index (Phi) is 9.57. The number of carboxylic acid groups (broad SMARTS) is 2. The molecule has 18 heavy (non-hydrogen) atoms. The van der Waals surface area contributed by atoms with E-state index in [0.29, 0.717) is 11.1 Å². The third-order valence-corrected chi connectivity index (χ3v) is 1.81. The van der Waals surface area contributed by atoms with Crippen molar-refractivity contribution in [2.45, 2.75) is 0 Å². The third kappa shape index (κ3) is 6.73. The normalized spacial score (nSPS) is 9.78. The van der Waals surface area contributed by atoms with Crippen molar-refractivity contribution >= 4 is 48.9 Å². The number of hydrogen-bond donors (Lipinski definition) is 2. The molecule has 0 fully saturated rings. The molecule has 1 aromatic rings. The summed E-state index contributed by atoms with van der Waals surface area (Å²) in [7, 11) is 0. The largest absolute Gasteiger partial charge is 0.478 e. The van der Waals surface area contributed by atoms with Crippen LogP contribution in [-0.4, -0.2) is 22.2 Å². The van der Waals surface area contributed by atoms with E-state index in [9.17, 15) is 9.59 Å². The van der Waals surface area contributed by atoms with E-state index in [2.05, 4.69) is 0 Å². The first-order valence-corrected chi connectivity index (χ1v) is 4.50. The van der Waals surface area contributed by atoms with Crippen LogP contribution in [0.2, 0.25) is 0 Å². The zero-order chi connectivity index (χ0) is 12.0. The van der Waals surface area contributed by atoms with Gasteiger partial charge in [0.1, 0.15) is 0 Å². The van der Waals surface area contributed by atoms with Crippen molar-refractivity contribution in [3.05, 3.63) is 47.5 Å². The molecule has 0 aliphatic carbocycles. The van der Waals surface area contributed by atoms with Crippen molar-refractivity contribution < 1.29 is 19.8 Å². The summed E-state index contributed by atoms with van der Waals surface area (Å²) >= 11 is 0. The van der Waals surface area contributed by atoms with Crippen molar-refractivity contribution in [2.75, 3.05) is 0 Å². The van der Waals surface area contributed by atoms with E-state index in [1.54, 1.807) is 24.3 Å². The van der Waals surface area contributed by atoms with Crippen molar-refractivity contribution in [2.24, 2.45) is 0 Å². The number of hydrogen-bond acceptors (Lipinski definition) is 2. The fraction of sp³-hybridized carbons (Fsp3) is 0. The van der Waals surface area contributed by atoms with Crippen LogP contribution in [0.4, 0.5) is 0 Å². The molecular weight excluding hydrogens is 279 g/mol. The van der Waals surface area contributed by atoms with E-state index >= 15 is 0 Å². The second-order valence-electron chi connectivity index (χ2n) is 2.97. The Morgan fingerprint density at radius 3 is 1.44 bits per heavy atom. The molecule has 0 bridgehead atoms. The number of carbonyl (C=O) groups is 2. The highest BCUT2D eigenvalue weighted by molar-refractivity contribution is 5.88. The second kappa shape index (κ2) is 9.27. The fourth-order valence-electron chi connectivity index (χ4n) is 1.14. The maximum Gasteiger partial charge on any atom is 0.328 e. The van der Waals surface area contributed by atoms with Gasteiger partial charge in [-0.1, -0.05) is 24.3 Å². The Labute approximate surface area is 116 Å². The van der Waals surface area contributed by atoms with Gasteiger partial charge in [-0.15, -0.1) is 24.8 Å². The Balaban J connectivity index is 0. The molecule has 1 rings (SSSR count). The van der Waals surface area contributed by atoms with E-state index in [1.165, 1.54) is 12.2 Å². The zero-order valence-electron chi connectivity index (χ0n) is 9.15. The number of aliphatic carboxylic acids is 2. The van der Waals surface area contributed by atoms with Gasteiger partial charge in [-0.25, -0.2) is 9.59 Å². The molecule has 0 aliphatic rings. The number of benzene rings is 1. The van der Waals surface area contributed by atoms with Crippen LogP contribution < -0.4 is 0 Å². The predicted octanol–water partition coefficient (Wildman–Crippen LogP) is 2.73. The molecule has 0 spiro atoms. The molecule has 2 N–H and O–H groups in total. The van der Waals surface area contributed by atoms with Gasteiger partial charge in [-0.05, 0) is 23.3 Å². The van der Waals surface area contributed by atoms with Gasteiger partial charge in [-0.2, -0.15) is 0 Å². The topological polar surface area (TPSA) is 74.6 Å². The van der Waals surface area contributed by atoms with Gasteiger partial charge < -0.3 is 10.2 Å². The SMILES string of the molecule is Cl.Cl.O=C(O)C=Cc1ccccc1C=CC(=O)O. The van der Waals surface area contributed by atoms with Crippen LogP contribution in [-0.2, 0) is 9.59 Å². The van der Waals surface area contributed by atoms with Gasteiger partial charge in [0.05, 0.1) is 0 Å². The summed E-state index contributed by atoms with van der Waals surface area (Å²) in [5, 5.41) is 17.0. The minimum Gasteiger partial charge on any atom is -0.478 e. The highest BCUT2D eigenvalue weighted by Crippen LogP contribution is 2.12. The first-order chi connectivity index (χ1) is 7.59. The molecule has 4 nitrogen and oxygen atoms in total. The summed E-state index contributed by atoms with van der Waals surface area (Å²) in [6.45, 7) is 0. The highest BCUT2D eigenvalue weighted by atomic mass is 35.5. The first kappa shape index (κ1) is 18.6. The number of rotatable bonds is 4. The summed E-state index contributed by atoms with van der Waals surface area (Å²) in [6, 6.07) is 6.92. The van der Waals surface area contributed by atoms with Gasteiger partial charge >= 0.3 is 11.9 Å². The second-order valence-corrected chi connectivity index (χ2v) is 2.97. The summed E-state index contributed by atoms with van der Waals surface area (Å²) in [4.78, 5) is 20.7. The molecule has 0 atom stereocenters. The molecule has 1 aromatic carbocycles. The lowest BCUT2D eigenvalue weighted by molar-refractivity contribution is -0.132. The Morgan fingerprint density at radius 1 is 0.833 bits per heavy atom. The molecule has 0 heterocycles. The van der Waals surface area contributed by atoms with Gasteiger partial charge in [-0.3, -0.25) is 0 Å². The molecular formula is C12H12Cl2O4. The lowest BCUT2D eigenvalue weighted by Crippen LogP contribution is -1.88. The van der Waals surface area contributed by atoms with Crippen LogP contribution in [0.15, 0.2) is 36.4 Å². The minimum atomic E-state index is -1.04. The van der Waals surface area contributed by atoms with Crippen molar-refractivity contribution in [3.8, 4) is 0 Å². The third-order valence-electron chi connectivity index (χ3n) is 1.81. The Bertz CT molecular complexity index is 424. The molecule has 0 unspecified atom stereocenters. The van der Waals surface area contributed by atoms with E-state index < -0.39 is 11.9 Å².